The third kappa shape index (κ3) is 3.88. The van der Waals surface area contributed by atoms with Gasteiger partial charge < -0.3 is 11.1 Å². The summed E-state index contributed by atoms with van der Waals surface area (Å²) in [5.74, 6) is -0.0897. The van der Waals surface area contributed by atoms with E-state index in [0.29, 0.717) is 23.3 Å². The van der Waals surface area contributed by atoms with Crippen molar-refractivity contribution < 1.29 is 4.79 Å². The number of fused-ring (bicyclic) bond motifs is 2. The van der Waals surface area contributed by atoms with Crippen molar-refractivity contribution in [3.63, 3.8) is 0 Å². The Morgan fingerprint density at radius 2 is 1.79 bits per heavy atom. The molecule has 29 heavy (non-hydrogen) atoms. The molecule has 0 aliphatic heterocycles. The van der Waals surface area contributed by atoms with Crippen LogP contribution in [0.3, 0.4) is 0 Å². The quantitative estimate of drug-likeness (QED) is 0.533. The maximum Gasteiger partial charge on any atom is 0.261 e. The molecule has 0 aliphatic carbocycles. The maximum atomic E-state index is 12.8. The second-order valence-corrected chi connectivity index (χ2v) is 7.11. The number of hydrogen-bond acceptors (Lipinski definition) is 4. The number of amides is 1. The summed E-state index contributed by atoms with van der Waals surface area (Å²) < 4.78 is 1.35. The minimum absolute atomic E-state index is 0.0324. The minimum atomic E-state index is -0.576. The van der Waals surface area contributed by atoms with Crippen LogP contribution in [-0.4, -0.2) is 15.5 Å². The van der Waals surface area contributed by atoms with Gasteiger partial charge in [0.25, 0.3) is 5.56 Å². The van der Waals surface area contributed by atoms with Gasteiger partial charge in [0.1, 0.15) is 12.4 Å². The molecular weight excluding hydrogens is 364 g/mol. The minimum Gasteiger partial charge on any atom is -0.368 e. The van der Waals surface area contributed by atoms with Gasteiger partial charge in [0.15, 0.2) is 0 Å². The number of nitrogens with two attached hydrogens (primary N) is 1. The van der Waals surface area contributed by atoms with E-state index in [9.17, 15) is 9.59 Å². The first-order valence-corrected chi connectivity index (χ1v) is 9.52. The Kier molecular flexibility index (Phi) is 5.10. The SMILES string of the molecule is C[C@H](NCc1nc2ccccc2c(=O)n1CC(N)=O)c1ccc2ccccc2c1. The molecule has 6 heteroatoms. The molecule has 1 amide bonds. The summed E-state index contributed by atoms with van der Waals surface area (Å²) >= 11 is 0. The lowest BCUT2D eigenvalue weighted by Crippen LogP contribution is -2.33. The number of para-hydroxylation sites is 1. The summed E-state index contributed by atoms with van der Waals surface area (Å²) in [4.78, 5) is 28.9. The highest BCUT2D eigenvalue weighted by molar-refractivity contribution is 5.83. The normalized spacial score (nSPS) is 12.3. The number of hydrogen-bond donors (Lipinski definition) is 2. The van der Waals surface area contributed by atoms with Gasteiger partial charge >= 0.3 is 0 Å². The first-order valence-electron chi connectivity index (χ1n) is 9.52. The fourth-order valence-corrected chi connectivity index (χ4v) is 3.51. The molecule has 4 aromatic rings. The predicted molar refractivity (Wildman–Crippen MR) is 114 cm³/mol. The second kappa shape index (κ2) is 7.85. The van der Waals surface area contributed by atoms with Gasteiger partial charge in [-0.3, -0.25) is 14.2 Å². The molecule has 3 N–H and O–H groups in total. The second-order valence-electron chi connectivity index (χ2n) is 7.11. The van der Waals surface area contributed by atoms with Gasteiger partial charge in [-0.25, -0.2) is 4.98 Å². The van der Waals surface area contributed by atoms with Crippen molar-refractivity contribution in [2.75, 3.05) is 0 Å². The molecular formula is C23H22N4O2. The van der Waals surface area contributed by atoms with Gasteiger partial charge in [-0.1, -0.05) is 48.5 Å². The molecule has 6 nitrogen and oxygen atoms in total. The average molecular weight is 386 g/mol. The van der Waals surface area contributed by atoms with E-state index in [0.717, 1.165) is 5.56 Å². The van der Waals surface area contributed by atoms with Gasteiger partial charge in [0.2, 0.25) is 5.91 Å². The molecule has 1 atom stereocenters. The topological polar surface area (TPSA) is 90.0 Å². The zero-order chi connectivity index (χ0) is 20.4. The molecule has 0 spiro atoms. The lowest BCUT2D eigenvalue weighted by Gasteiger charge is -2.17. The number of carbonyl (C=O) groups excluding carboxylic acids is 1. The lowest BCUT2D eigenvalue weighted by molar-refractivity contribution is -0.118. The van der Waals surface area contributed by atoms with Gasteiger partial charge in [-0.05, 0) is 41.5 Å². The highest BCUT2D eigenvalue weighted by atomic mass is 16.2. The van der Waals surface area contributed by atoms with Crippen molar-refractivity contribution in [3.8, 4) is 0 Å². The number of nitrogens with zero attached hydrogens (tertiary/aromatic N) is 2. The Morgan fingerprint density at radius 1 is 1.07 bits per heavy atom. The first kappa shape index (κ1) is 18.8. The Bertz CT molecular complexity index is 1260. The third-order valence-electron chi connectivity index (χ3n) is 5.09. The fourth-order valence-electron chi connectivity index (χ4n) is 3.51. The molecule has 0 bridgehead atoms. The van der Waals surface area contributed by atoms with Crippen molar-refractivity contribution >= 4 is 27.6 Å². The van der Waals surface area contributed by atoms with Crippen LogP contribution in [-0.2, 0) is 17.9 Å². The van der Waals surface area contributed by atoms with Crippen LogP contribution in [0, 0.1) is 0 Å². The molecule has 0 fully saturated rings. The third-order valence-corrected chi connectivity index (χ3v) is 5.09. The lowest BCUT2D eigenvalue weighted by atomic mass is 10.0. The van der Waals surface area contributed by atoms with Crippen LogP contribution in [0.1, 0.15) is 24.4 Å². The van der Waals surface area contributed by atoms with Crippen molar-refractivity contribution in [1.29, 1.82) is 0 Å². The van der Waals surface area contributed by atoms with E-state index in [2.05, 4.69) is 47.6 Å². The maximum absolute atomic E-state index is 12.8. The van der Waals surface area contributed by atoms with Crippen LogP contribution < -0.4 is 16.6 Å². The van der Waals surface area contributed by atoms with Gasteiger partial charge in [-0.15, -0.1) is 0 Å². The van der Waals surface area contributed by atoms with E-state index in [1.165, 1.54) is 15.3 Å². The number of nitrogens with one attached hydrogen (secondary N) is 1. The van der Waals surface area contributed by atoms with Crippen molar-refractivity contribution in [1.82, 2.24) is 14.9 Å². The largest absolute Gasteiger partial charge is 0.368 e. The van der Waals surface area contributed by atoms with Crippen LogP contribution in [0.4, 0.5) is 0 Å². The average Bonchev–Trinajstić information content (AvgIpc) is 2.73. The molecule has 3 aromatic carbocycles. The number of benzene rings is 3. The summed E-state index contributed by atoms with van der Waals surface area (Å²) in [5, 5.41) is 6.25. The zero-order valence-electron chi connectivity index (χ0n) is 16.1. The standard InChI is InChI=1S/C23H22N4O2/c1-15(17-11-10-16-6-2-3-7-18(16)12-17)25-13-22-26-20-9-5-4-8-19(20)23(29)27(22)14-21(24)28/h2-12,15,25H,13-14H2,1H3,(H2,24,28)/t15-/m0/s1. The Labute approximate surface area is 168 Å². The molecule has 0 saturated heterocycles. The number of aromatic nitrogens is 2. The van der Waals surface area contributed by atoms with E-state index >= 15 is 0 Å². The van der Waals surface area contributed by atoms with E-state index in [1.54, 1.807) is 18.2 Å². The molecule has 0 unspecified atom stereocenters. The highest BCUT2D eigenvalue weighted by Gasteiger charge is 2.14. The summed E-state index contributed by atoms with van der Waals surface area (Å²) in [6, 6.07) is 21.7. The molecule has 1 heterocycles. The van der Waals surface area contributed by atoms with E-state index in [1.807, 2.05) is 18.2 Å². The summed E-state index contributed by atoms with van der Waals surface area (Å²) in [6.45, 7) is 2.20. The van der Waals surface area contributed by atoms with Crippen LogP contribution in [0.15, 0.2) is 71.5 Å². The van der Waals surface area contributed by atoms with Crippen molar-refractivity contribution in [2.24, 2.45) is 5.73 Å². The van der Waals surface area contributed by atoms with Crippen LogP contribution in [0.2, 0.25) is 0 Å². The van der Waals surface area contributed by atoms with Crippen molar-refractivity contribution in [2.45, 2.75) is 26.1 Å². The predicted octanol–water partition coefficient (Wildman–Crippen LogP) is 2.89. The molecule has 4 rings (SSSR count). The van der Waals surface area contributed by atoms with Gasteiger partial charge in [-0.2, -0.15) is 0 Å². The van der Waals surface area contributed by atoms with Crippen molar-refractivity contribution in [3.05, 3.63) is 88.5 Å². The molecule has 0 aliphatic rings. The van der Waals surface area contributed by atoms with E-state index in [4.69, 9.17) is 5.73 Å². The molecule has 0 saturated carbocycles. The van der Waals surface area contributed by atoms with E-state index in [-0.39, 0.29) is 18.1 Å². The fraction of sp³-hybridized carbons (Fsp3) is 0.174. The summed E-state index contributed by atoms with van der Waals surface area (Å²) in [7, 11) is 0. The number of rotatable bonds is 6. The highest BCUT2D eigenvalue weighted by Crippen LogP contribution is 2.20. The first-order chi connectivity index (χ1) is 14.0. The zero-order valence-corrected chi connectivity index (χ0v) is 16.1. The molecule has 1 aromatic heterocycles. The molecule has 0 radical (unpaired) electrons. The van der Waals surface area contributed by atoms with Gasteiger partial charge in [0, 0.05) is 6.04 Å². The van der Waals surface area contributed by atoms with Crippen LogP contribution in [0.25, 0.3) is 21.7 Å². The molecule has 146 valence electrons. The smallest absolute Gasteiger partial charge is 0.261 e. The number of primary amides is 1. The van der Waals surface area contributed by atoms with E-state index < -0.39 is 5.91 Å². The Hall–Kier alpha value is -3.51. The van der Waals surface area contributed by atoms with Gasteiger partial charge in [0.05, 0.1) is 17.4 Å². The van der Waals surface area contributed by atoms with Crippen LogP contribution >= 0.6 is 0 Å². The number of carbonyl (C=O) groups is 1. The summed E-state index contributed by atoms with van der Waals surface area (Å²) in [5.41, 5.74) is 6.84. The monoisotopic (exact) mass is 386 g/mol. The summed E-state index contributed by atoms with van der Waals surface area (Å²) in [6.07, 6.45) is 0. The Balaban J connectivity index is 1.64. The van der Waals surface area contributed by atoms with Crippen LogP contribution in [0.5, 0.6) is 0 Å². The Morgan fingerprint density at radius 3 is 2.59 bits per heavy atom.